The molecule has 0 saturated carbocycles. The van der Waals surface area contributed by atoms with Crippen molar-refractivity contribution in [2.24, 2.45) is 7.05 Å². The van der Waals surface area contributed by atoms with Crippen molar-refractivity contribution in [3.63, 3.8) is 0 Å². The zero-order chi connectivity index (χ0) is 12.6. The first-order valence-electron chi connectivity index (χ1n) is 4.70. The van der Waals surface area contributed by atoms with Crippen molar-refractivity contribution in [2.45, 2.75) is 0 Å². The Hall–Kier alpha value is -1.77. The predicted molar refractivity (Wildman–Crippen MR) is 69.1 cm³/mol. The molecule has 0 saturated heterocycles. The fraction of sp³-hybridized carbons (Fsp3) is 0.0909. The third kappa shape index (κ3) is 1.93. The molecule has 0 fully saturated rings. The van der Waals surface area contributed by atoms with Gasteiger partial charge in [-0.2, -0.15) is 5.26 Å². The summed E-state index contributed by atoms with van der Waals surface area (Å²) in [5.41, 5.74) is 5.93. The second kappa shape index (κ2) is 4.24. The number of aromatic nitrogens is 1. The van der Waals surface area contributed by atoms with Crippen LogP contribution < -0.4 is 11.3 Å². The quantitative estimate of drug-likeness (QED) is 0.859. The Morgan fingerprint density at radius 2 is 2.24 bits per heavy atom. The minimum atomic E-state index is -0.396. The molecule has 4 nitrogen and oxygen atoms in total. The summed E-state index contributed by atoms with van der Waals surface area (Å²) in [5.74, 6) is 0.313. The summed E-state index contributed by atoms with van der Waals surface area (Å²) in [6, 6.07) is 7.01. The van der Waals surface area contributed by atoms with Crippen LogP contribution in [0.3, 0.4) is 0 Å². The van der Waals surface area contributed by atoms with E-state index in [1.165, 1.54) is 23.0 Å². The van der Waals surface area contributed by atoms with Gasteiger partial charge in [0.1, 0.15) is 17.5 Å². The smallest absolute Gasteiger partial charge is 0.270 e. The molecule has 2 aromatic rings. The first-order chi connectivity index (χ1) is 8.04. The molecule has 6 heteroatoms. The number of halogens is 1. The van der Waals surface area contributed by atoms with Gasteiger partial charge in [-0.3, -0.25) is 9.36 Å². The highest BCUT2D eigenvalue weighted by molar-refractivity contribution is 7.19. The molecule has 0 radical (unpaired) electrons. The third-order valence-corrected chi connectivity index (χ3v) is 3.68. The molecule has 0 unspecified atom stereocenters. The zero-order valence-corrected chi connectivity index (χ0v) is 10.5. The SMILES string of the molecule is Cn1c(N)cc(-c2ccc(Cl)s2)c(C#N)c1=O. The van der Waals surface area contributed by atoms with Crippen LogP contribution in [0.2, 0.25) is 4.34 Å². The van der Waals surface area contributed by atoms with E-state index < -0.39 is 5.56 Å². The van der Waals surface area contributed by atoms with E-state index in [0.29, 0.717) is 15.7 Å². The Balaban J connectivity index is 2.79. The molecule has 2 aromatic heterocycles. The average Bonchev–Trinajstić information content (AvgIpc) is 2.72. The molecule has 0 amide bonds. The maximum absolute atomic E-state index is 11.9. The molecule has 0 aromatic carbocycles. The molecule has 2 heterocycles. The predicted octanol–water partition coefficient (Wildman–Crippen LogP) is 2.22. The second-order valence-corrected chi connectivity index (χ2v) is 5.15. The van der Waals surface area contributed by atoms with Crippen molar-refractivity contribution in [2.75, 3.05) is 5.73 Å². The summed E-state index contributed by atoms with van der Waals surface area (Å²) in [5, 5.41) is 9.05. The van der Waals surface area contributed by atoms with Gasteiger partial charge in [0.05, 0.1) is 4.34 Å². The minimum Gasteiger partial charge on any atom is -0.385 e. The highest BCUT2D eigenvalue weighted by Gasteiger charge is 2.14. The molecule has 0 aliphatic rings. The fourth-order valence-electron chi connectivity index (χ4n) is 1.48. The lowest BCUT2D eigenvalue weighted by Gasteiger charge is -2.07. The minimum absolute atomic E-state index is 0.0835. The van der Waals surface area contributed by atoms with Crippen LogP contribution in [-0.2, 0) is 7.05 Å². The van der Waals surface area contributed by atoms with Crippen LogP contribution in [0.15, 0.2) is 23.0 Å². The second-order valence-electron chi connectivity index (χ2n) is 3.44. The van der Waals surface area contributed by atoms with Crippen molar-refractivity contribution >= 4 is 28.8 Å². The molecule has 0 spiro atoms. The molecule has 0 atom stereocenters. The van der Waals surface area contributed by atoms with E-state index in [1.807, 2.05) is 6.07 Å². The number of nitrogens with zero attached hydrogens (tertiary/aromatic N) is 2. The Morgan fingerprint density at radius 3 is 2.76 bits per heavy atom. The van der Waals surface area contributed by atoms with Gasteiger partial charge in [0.2, 0.25) is 0 Å². The number of hydrogen-bond acceptors (Lipinski definition) is 4. The standard InChI is InChI=1S/C11H8ClN3OS/c1-15-10(14)4-6(7(5-13)11(15)16)8-2-3-9(12)17-8/h2-4H,14H2,1H3. The first kappa shape index (κ1) is 11.7. The fourth-order valence-corrected chi connectivity index (χ4v) is 2.54. The number of anilines is 1. The van der Waals surface area contributed by atoms with Crippen LogP contribution >= 0.6 is 22.9 Å². The maximum Gasteiger partial charge on any atom is 0.270 e. The maximum atomic E-state index is 11.9. The average molecular weight is 266 g/mol. The summed E-state index contributed by atoms with van der Waals surface area (Å²) in [6.07, 6.45) is 0. The van der Waals surface area contributed by atoms with E-state index >= 15 is 0 Å². The van der Waals surface area contributed by atoms with Gasteiger partial charge in [-0.25, -0.2) is 0 Å². The summed E-state index contributed by atoms with van der Waals surface area (Å²) in [7, 11) is 1.53. The summed E-state index contributed by atoms with van der Waals surface area (Å²) in [4.78, 5) is 12.6. The van der Waals surface area contributed by atoms with Crippen molar-refractivity contribution in [1.82, 2.24) is 4.57 Å². The van der Waals surface area contributed by atoms with E-state index in [4.69, 9.17) is 22.6 Å². The molecule has 0 aliphatic carbocycles. The zero-order valence-electron chi connectivity index (χ0n) is 8.90. The molecular formula is C11H8ClN3OS. The highest BCUT2D eigenvalue weighted by Crippen LogP contribution is 2.32. The van der Waals surface area contributed by atoms with E-state index in [1.54, 1.807) is 18.2 Å². The Bertz CT molecular complexity index is 681. The number of hydrogen-bond donors (Lipinski definition) is 1. The number of nitriles is 1. The van der Waals surface area contributed by atoms with Crippen LogP contribution in [0.5, 0.6) is 0 Å². The van der Waals surface area contributed by atoms with Gasteiger partial charge >= 0.3 is 0 Å². The number of pyridine rings is 1. The topological polar surface area (TPSA) is 71.8 Å². The van der Waals surface area contributed by atoms with Crippen molar-refractivity contribution in [1.29, 1.82) is 5.26 Å². The lowest BCUT2D eigenvalue weighted by molar-refractivity contribution is 0.871. The summed E-state index contributed by atoms with van der Waals surface area (Å²) < 4.78 is 1.85. The van der Waals surface area contributed by atoms with E-state index in [-0.39, 0.29) is 5.56 Å². The molecule has 2 rings (SSSR count). The van der Waals surface area contributed by atoms with E-state index in [2.05, 4.69) is 0 Å². The highest BCUT2D eigenvalue weighted by atomic mass is 35.5. The van der Waals surface area contributed by atoms with E-state index in [9.17, 15) is 4.79 Å². The van der Waals surface area contributed by atoms with Gasteiger partial charge in [-0.05, 0) is 18.2 Å². The van der Waals surface area contributed by atoms with Crippen molar-refractivity contribution in [3.8, 4) is 16.5 Å². The Labute approximate surface area is 106 Å². The monoisotopic (exact) mass is 265 g/mol. The first-order valence-corrected chi connectivity index (χ1v) is 5.89. The summed E-state index contributed by atoms with van der Waals surface area (Å²) >= 11 is 7.14. The number of thiophene rings is 1. The molecular weight excluding hydrogens is 258 g/mol. The number of nitrogen functional groups attached to an aromatic ring is 1. The van der Waals surface area contributed by atoms with Crippen molar-refractivity contribution in [3.05, 3.63) is 38.5 Å². The molecule has 86 valence electrons. The van der Waals surface area contributed by atoms with Gasteiger partial charge in [0, 0.05) is 17.5 Å². The summed E-state index contributed by atoms with van der Waals surface area (Å²) in [6.45, 7) is 0. The van der Waals surface area contributed by atoms with Gasteiger partial charge in [-0.15, -0.1) is 11.3 Å². The van der Waals surface area contributed by atoms with Crippen LogP contribution in [0.4, 0.5) is 5.82 Å². The van der Waals surface area contributed by atoms with Crippen molar-refractivity contribution < 1.29 is 0 Å². The lowest BCUT2D eigenvalue weighted by atomic mass is 10.1. The third-order valence-electron chi connectivity index (χ3n) is 2.42. The largest absolute Gasteiger partial charge is 0.385 e. The molecule has 0 aliphatic heterocycles. The normalized spacial score (nSPS) is 10.2. The van der Waals surface area contributed by atoms with Gasteiger partial charge in [-0.1, -0.05) is 11.6 Å². The van der Waals surface area contributed by atoms with Crippen LogP contribution in [0.1, 0.15) is 5.56 Å². The van der Waals surface area contributed by atoms with Gasteiger partial charge in [0.25, 0.3) is 5.56 Å². The van der Waals surface area contributed by atoms with Crippen LogP contribution in [-0.4, -0.2) is 4.57 Å². The molecule has 17 heavy (non-hydrogen) atoms. The molecule has 2 N–H and O–H groups in total. The Kier molecular flexibility index (Phi) is 2.92. The van der Waals surface area contributed by atoms with Crippen LogP contribution in [0.25, 0.3) is 10.4 Å². The molecule has 0 bridgehead atoms. The Morgan fingerprint density at radius 1 is 1.53 bits per heavy atom. The number of nitrogens with two attached hydrogens (primary N) is 1. The van der Waals surface area contributed by atoms with E-state index in [0.717, 1.165) is 4.88 Å². The lowest BCUT2D eigenvalue weighted by Crippen LogP contribution is -2.22. The van der Waals surface area contributed by atoms with Crippen LogP contribution in [0, 0.1) is 11.3 Å². The number of rotatable bonds is 1. The van der Waals surface area contributed by atoms with Gasteiger partial charge < -0.3 is 5.73 Å². The van der Waals surface area contributed by atoms with Gasteiger partial charge in [0.15, 0.2) is 0 Å².